The van der Waals surface area contributed by atoms with Crippen LogP contribution in [0.4, 0.5) is 4.79 Å². The predicted molar refractivity (Wildman–Crippen MR) is 102 cm³/mol. The molecule has 0 spiro atoms. The normalized spacial score (nSPS) is 20.5. The summed E-state index contributed by atoms with van der Waals surface area (Å²) in [7, 11) is 0. The number of amides is 2. The van der Waals surface area contributed by atoms with E-state index < -0.39 is 11.4 Å². The standard InChI is InChI=1S/C20H26N4O3/c1-14(21-19(27)23-10-9-20(3,13-23)18(25)26)11-17-12-15(2)22-24(17)16-7-5-4-6-8-16/h4-8,12,14H,9-11,13H2,1-3H3,(H,21,27)(H,25,26). The Morgan fingerprint density at radius 3 is 2.67 bits per heavy atom. The molecule has 0 saturated carbocycles. The monoisotopic (exact) mass is 370 g/mol. The summed E-state index contributed by atoms with van der Waals surface area (Å²) in [6, 6.07) is 11.6. The van der Waals surface area contributed by atoms with E-state index in [0.29, 0.717) is 19.4 Å². The molecule has 7 heteroatoms. The molecule has 1 aromatic heterocycles. The second-order valence-corrected chi connectivity index (χ2v) is 7.62. The summed E-state index contributed by atoms with van der Waals surface area (Å²) >= 11 is 0. The molecule has 1 aliphatic rings. The molecule has 1 saturated heterocycles. The van der Waals surface area contributed by atoms with Crippen LogP contribution in [0.3, 0.4) is 0 Å². The molecule has 144 valence electrons. The van der Waals surface area contributed by atoms with Crippen molar-refractivity contribution >= 4 is 12.0 Å². The molecule has 7 nitrogen and oxygen atoms in total. The van der Waals surface area contributed by atoms with Crippen LogP contribution in [-0.2, 0) is 11.2 Å². The summed E-state index contributed by atoms with van der Waals surface area (Å²) in [5.74, 6) is -0.854. The third-order valence-electron chi connectivity index (χ3n) is 5.07. The van der Waals surface area contributed by atoms with Crippen LogP contribution < -0.4 is 5.32 Å². The first-order valence-corrected chi connectivity index (χ1v) is 9.18. The smallest absolute Gasteiger partial charge is 0.317 e. The number of carboxylic acids is 1. The molecule has 27 heavy (non-hydrogen) atoms. The zero-order valence-electron chi connectivity index (χ0n) is 16.0. The van der Waals surface area contributed by atoms with Gasteiger partial charge in [-0.3, -0.25) is 4.79 Å². The molecule has 0 aliphatic carbocycles. The number of aliphatic carboxylic acids is 1. The summed E-state index contributed by atoms with van der Waals surface area (Å²) in [6.45, 7) is 6.28. The highest BCUT2D eigenvalue weighted by Crippen LogP contribution is 2.30. The number of aryl methyl sites for hydroxylation is 1. The number of likely N-dealkylation sites (tertiary alicyclic amines) is 1. The number of hydrogen-bond donors (Lipinski definition) is 2. The van der Waals surface area contributed by atoms with Crippen LogP contribution in [0, 0.1) is 12.3 Å². The Hall–Kier alpha value is -2.83. The molecule has 1 fully saturated rings. The van der Waals surface area contributed by atoms with E-state index in [1.165, 1.54) is 0 Å². The van der Waals surface area contributed by atoms with Crippen molar-refractivity contribution in [2.75, 3.05) is 13.1 Å². The second-order valence-electron chi connectivity index (χ2n) is 7.62. The highest BCUT2D eigenvalue weighted by molar-refractivity contribution is 5.79. The average molecular weight is 370 g/mol. The lowest BCUT2D eigenvalue weighted by Gasteiger charge is -2.23. The summed E-state index contributed by atoms with van der Waals surface area (Å²) in [5.41, 5.74) is 2.06. The van der Waals surface area contributed by atoms with Crippen LogP contribution in [0.15, 0.2) is 36.4 Å². The van der Waals surface area contributed by atoms with Gasteiger partial charge in [0.05, 0.1) is 16.8 Å². The molecule has 0 radical (unpaired) electrons. The van der Waals surface area contributed by atoms with E-state index in [2.05, 4.69) is 10.4 Å². The molecule has 2 unspecified atom stereocenters. The van der Waals surface area contributed by atoms with Gasteiger partial charge in [0.1, 0.15) is 0 Å². The molecule has 2 heterocycles. The number of hydrogen-bond acceptors (Lipinski definition) is 3. The first kappa shape index (κ1) is 18.9. The zero-order valence-corrected chi connectivity index (χ0v) is 16.0. The summed E-state index contributed by atoms with van der Waals surface area (Å²) < 4.78 is 1.90. The van der Waals surface area contributed by atoms with Gasteiger partial charge in [-0.05, 0) is 45.4 Å². The van der Waals surface area contributed by atoms with Crippen LogP contribution >= 0.6 is 0 Å². The van der Waals surface area contributed by atoms with E-state index in [-0.39, 0.29) is 18.6 Å². The van der Waals surface area contributed by atoms with Crippen molar-refractivity contribution in [1.29, 1.82) is 0 Å². The minimum Gasteiger partial charge on any atom is -0.481 e. The fourth-order valence-corrected chi connectivity index (χ4v) is 3.47. The van der Waals surface area contributed by atoms with Crippen molar-refractivity contribution in [3.63, 3.8) is 0 Å². The van der Waals surface area contributed by atoms with Gasteiger partial charge in [-0.15, -0.1) is 0 Å². The van der Waals surface area contributed by atoms with E-state index in [4.69, 9.17) is 0 Å². The molecule has 1 aliphatic heterocycles. The number of nitrogens with zero attached hydrogens (tertiary/aromatic N) is 3. The largest absolute Gasteiger partial charge is 0.481 e. The number of urea groups is 1. The quantitative estimate of drug-likeness (QED) is 0.847. The molecular weight excluding hydrogens is 344 g/mol. The minimum atomic E-state index is -0.858. The van der Waals surface area contributed by atoms with Crippen LogP contribution in [-0.4, -0.2) is 50.9 Å². The number of benzene rings is 1. The summed E-state index contributed by atoms with van der Waals surface area (Å²) in [4.78, 5) is 25.5. The highest BCUT2D eigenvalue weighted by Gasteiger charge is 2.42. The van der Waals surface area contributed by atoms with Gasteiger partial charge in [0.15, 0.2) is 0 Å². The fourth-order valence-electron chi connectivity index (χ4n) is 3.47. The first-order chi connectivity index (χ1) is 12.8. The van der Waals surface area contributed by atoms with E-state index in [1.54, 1.807) is 11.8 Å². The van der Waals surface area contributed by atoms with Crippen molar-refractivity contribution in [3.8, 4) is 5.69 Å². The van der Waals surface area contributed by atoms with Crippen molar-refractivity contribution < 1.29 is 14.7 Å². The maximum absolute atomic E-state index is 12.5. The van der Waals surface area contributed by atoms with Gasteiger partial charge >= 0.3 is 12.0 Å². The van der Waals surface area contributed by atoms with Crippen LogP contribution in [0.2, 0.25) is 0 Å². The molecule has 2 aromatic rings. The maximum Gasteiger partial charge on any atom is 0.317 e. The molecule has 0 bridgehead atoms. The first-order valence-electron chi connectivity index (χ1n) is 9.18. The Labute approximate surface area is 159 Å². The van der Waals surface area contributed by atoms with Gasteiger partial charge in [-0.2, -0.15) is 5.10 Å². The lowest BCUT2D eigenvalue weighted by molar-refractivity contribution is -0.147. The molecule has 3 rings (SSSR count). The Kier molecular flexibility index (Phi) is 5.21. The molecular formula is C20H26N4O3. The zero-order chi connectivity index (χ0) is 19.6. The van der Waals surface area contributed by atoms with Crippen LogP contribution in [0.25, 0.3) is 5.69 Å². The SMILES string of the molecule is Cc1cc(CC(C)NC(=O)N2CCC(C)(C(=O)O)C2)n(-c2ccccc2)n1. The van der Waals surface area contributed by atoms with Crippen molar-refractivity contribution in [3.05, 3.63) is 47.8 Å². The van der Waals surface area contributed by atoms with Crippen LogP contribution in [0.1, 0.15) is 31.7 Å². The number of carbonyl (C=O) groups is 2. The predicted octanol–water partition coefficient (Wildman–Crippen LogP) is 2.62. The van der Waals surface area contributed by atoms with Crippen molar-refractivity contribution in [1.82, 2.24) is 20.0 Å². The molecule has 2 atom stereocenters. The van der Waals surface area contributed by atoms with Gasteiger partial charge in [0, 0.05) is 31.2 Å². The van der Waals surface area contributed by atoms with Gasteiger partial charge in [-0.1, -0.05) is 18.2 Å². The second kappa shape index (κ2) is 7.42. The Balaban J connectivity index is 1.64. The maximum atomic E-state index is 12.5. The Bertz CT molecular complexity index is 833. The van der Waals surface area contributed by atoms with E-state index >= 15 is 0 Å². The fraction of sp³-hybridized carbons (Fsp3) is 0.450. The average Bonchev–Trinajstić information content (AvgIpc) is 3.19. The number of para-hydroxylation sites is 1. The summed E-state index contributed by atoms with van der Waals surface area (Å²) in [6.07, 6.45) is 1.11. The Morgan fingerprint density at radius 1 is 1.33 bits per heavy atom. The molecule has 2 N–H and O–H groups in total. The minimum absolute atomic E-state index is 0.104. The summed E-state index contributed by atoms with van der Waals surface area (Å²) in [5, 5.41) is 16.9. The van der Waals surface area contributed by atoms with Gasteiger partial charge in [-0.25, -0.2) is 9.48 Å². The van der Waals surface area contributed by atoms with Gasteiger partial charge in [0.2, 0.25) is 0 Å². The number of carbonyl (C=O) groups excluding carboxylic acids is 1. The van der Waals surface area contributed by atoms with E-state index in [9.17, 15) is 14.7 Å². The highest BCUT2D eigenvalue weighted by atomic mass is 16.4. The lowest BCUT2D eigenvalue weighted by atomic mass is 9.90. The number of aromatic nitrogens is 2. The van der Waals surface area contributed by atoms with Gasteiger partial charge in [0.25, 0.3) is 0 Å². The molecule has 2 amide bonds. The number of rotatable bonds is 5. The molecule has 1 aromatic carbocycles. The lowest BCUT2D eigenvalue weighted by Crippen LogP contribution is -2.45. The van der Waals surface area contributed by atoms with Crippen LogP contribution in [0.5, 0.6) is 0 Å². The number of carboxylic acid groups (broad SMARTS) is 1. The third kappa shape index (κ3) is 4.13. The van der Waals surface area contributed by atoms with E-state index in [1.807, 2.05) is 54.9 Å². The van der Waals surface area contributed by atoms with Gasteiger partial charge < -0.3 is 15.3 Å². The van der Waals surface area contributed by atoms with E-state index in [0.717, 1.165) is 17.1 Å². The number of nitrogens with one attached hydrogen (secondary N) is 1. The third-order valence-corrected chi connectivity index (χ3v) is 5.07. The Morgan fingerprint density at radius 2 is 2.04 bits per heavy atom. The van der Waals surface area contributed by atoms with Crippen molar-refractivity contribution in [2.24, 2.45) is 5.41 Å². The van der Waals surface area contributed by atoms with Crippen molar-refractivity contribution in [2.45, 2.75) is 39.7 Å². The topological polar surface area (TPSA) is 87.5 Å².